The van der Waals surface area contributed by atoms with E-state index in [0.717, 1.165) is 18.2 Å². The van der Waals surface area contributed by atoms with Crippen LogP contribution >= 0.6 is 0 Å². The normalized spacial score (nSPS) is 19.5. The first-order valence-corrected chi connectivity index (χ1v) is 11.8. The first kappa shape index (κ1) is 23.5. The molecule has 2 atom stereocenters. The van der Waals surface area contributed by atoms with Crippen molar-refractivity contribution in [3.05, 3.63) is 39.7 Å². The van der Waals surface area contributed by atoms with E-state index in [0.29, 0.717) is 6.42 Å². The van der Waals surface area contributed by atoms with E-state index >= 15 is 0 Å². The molecule has 1 aliphatic rings. The summed E-state index contributed by atoms with van der Waals surface area (Å²) in [5, 5.41) is 20.6. The van der Waals surface area contributed by atoms with Gasteiger partial charge in [-0.1, -0.05) is 0 Å². The van der Waals surface area contributed by atoms with Crippen LogP contribution < -0.4 is 4.72 Å². The maximum Gasteiger partial charge on any atom is 0.269 e. The topological polar surface area (TPSA) is 136 Å². The molecule has 0 aromatic heterocycles. The van der Waals surface area contributed by atoms with Crippen LogP contribution in [0.1, 0.15) is 52.5 Å². The quantitative estimate of drug-likeness (QED) is 0.387. The van der Waals surface area contributed by atoms with E-state index in [1.165, 1.54) is 6.92 Å². The van der Waals surface area contributed by atoms with Gasteiger partial charge in [0.25, 0.3) is 5.69 Å². The van der Waals surface area contributed by atoms with E-state index in [1.54, 1.807) is 20.8 Å². The molecular weight excluding hydrogens is 421 g/mol. The number of nitrogens with zero attached hydrogens (tertiary/aromatic N) is 2. The number of sulfone groups is 1. The molecule has 0 aliphatic heterocycles. The molecular formula is C18H24FN3O5S2. The van der Waals surface area contributed by atoms with Gasteiger partial charge < -0.3 is 4.55 Å². The minimum atomic E-state index is -4.08. The SMILES string of the molecule is CC(C)(C)[S+]([O-])N[C@](C)(CS(=O)(=O)C1(C#N)CCC1)c1cc([N+](=O)[O-])ccc1F. The summed E-state index contributed by atoms with van der Waals surface area (Å²) in [5.74, 6) is -1.60. The third kappa shape index (κ3) is 4.55. The molecule has 0 bridgehead atoms. The van der Waals surface area contributed by atoms with Crippen LogP contribution in [0.25, 0.3) is 0 Å². The lowest BCUT2D eigenvalue weighted by atomic mass is 9.86. The lowest BCUT2D eigenvalue weighted by molar-refractivity contribution is -0.385. The van der Waals surface area contributed by atoms with Crippen LogP contribution in [0, 0.1) is 27.3 Å². The number of hydrogen-bond donors (Lipinski definition) is 1. The largest absolute Gasteiger partial charge is 0.598 e. The Kier molecular flexibility index (Phi) is 6.36. The minimum Gasteiger partial charge on any atom is -0.598 e. The highest BCUT2D eigenvalue weighted by Crippen LogP contribution is 2.42. The summed E-state index contributed by atoms with van der Waals surface area (Å²) in [4.78, 5) is 10.4. The lowest BCUT2D eigenvalue weighted by Gasteiger charge is -2.40. The van der Waals surface area contributed by atoms with Crippen LogP contribution in [0.5, 0.6) is 0 Å². The van der Waals surface area contributed by atoms with Gasteiger partial charge in [0, 0.05) is 29.1 Å². The Morgan fingerprint density at radius 1 is 1.34 bits per heavy atom. The minimum absolute atomic E-state index is 0.168. The molecule has 8 nitrogen and oxygen atoms in total. The summed E-state index contributed by atoms with van der Waals surface area (Å²) < 4.78 is 53.9. The van der Waals surface area contributed by atoms with Crippen molar-refractivity contribution in [1.29, 1.82) is 5.26 Å². The van der Waals surface area contributed by atoms with Crippen molar-refractivity contribution in [1.82, 2.24) is 4.72 Å². The van der Waals surface area contributed by atoms with Crippen LogP contribution in [0.15, 0.2) is 18.2 Å². The fraction of sp³-hybridized carbons (Fsp3) is 0.611. The van der Waals surface area contributed by atoms with Gasteiger partial charge in [0.15, 0.2) is 14.6 Å². The monoisotopic (exact) mass is 445 g/mol. The van der Waals surface area contributed by atoms with Gasteiger partial charge in [-0.25, -0.2) is 12.8 Å². The van der Waals surface area contributed by atoms with Gasteiger partial charge in [0.2, 0.25) is 0 Å². The average Bonchev–Trinajstić information content (AvgIpc) is 2.52. The average molecular weight is 446 g/mol. The van der Waals surface area contributed by atoms with Gasteiger partial charge in [-0.05, 0) is 53.0 Å². The highest BCUT2D eigenvalue weighted by Gasteiger charge is 2.53. The van der Waals surface area contributed by atoms with Gasteiger partial charge in [-0.3, -0.25) is 10.1 Å². The van der Waals surface area contributed by atoms with Crippen LogP contribution in [0.4, 0.5) is 10.1 Å². The van der Waals surface area contributed by atoms with Crippen molar-refractivity contribution in [2.45, 2.75) is 62.0 Å². The van der Waals surface area contributed by atoms with E-state index in [4.69, 9.17) is 0 Å². The van der Waals surface area contributed by atoms with Gasteiger partial charge in [0.1, 0.15) is 16.1 Å². The van der Waals surface area contributed by atoms with Gasteiger partial charge >= 0.3 is 0 Å². The van der Waals surface area contributed by atoms with E-state index in [1.807, 2.05) is 6.07 Å². The number of non-ortho nitro benzene ring substituents is 1. The number of hydrogen-bond acceptors (Lipinski definition) is 7. The smallest absolute Gasteiger partial charge is 0.269 e. The molecule has 1 fully saturated rings. The van der Waals surface area contributed by atoms with E-state index in [9.17, 15) is 32.7 Å². The summed E-state index contributed by atoms with van der Waals surface area (Å²) in [5.41, 5.74) is -2.47. The van der Waals surface area contributed by atoms with Crippen LogP contribution in [-0.4, -0.2) is 33.1 Å². The molecule has 1 aromatic carbocycles. The van der Waals surface area contributed by atoms with E-state index in [2.05, 4.69) is 4.72 Å². The van der Waals surface area contributed by atoms with Gasteiger partial charge in [0.05, 0.1) is 16.7 Å². The number of benzene rings is 1. The van der Waals surface area contributed by atoms with Crippen LogP contribution in [-0.2, 0) is 26.7 Å². The molecule has 2 rings (SSSR count). The van der Waals surface area contributed by atoms with Crippen molar-refractivity contribution in [3.63, 3.8) is 0 Å². The fourth-order valence-corrected chi connectivity index (χ4v) is 6.38. The third-order valence-electron chi connectivity index (χ3n) is 5.07. The van der Waals surface area contributed by atoms with Crippen molar-refractivity contribution in [2.75, 3.05) is 5.75 Å². The van der Waals surface area contributed by atoms with Crippen molar-refractivity contribution >= 4 is 26.9 Å². The van der Waals surface area contributed by atoms with E-state index < -0.39 is 58.4 Å². The molecule has 1 unspecified atom stereocenters. The number of nitriles is 1. The number of nitrogens with one attached hydrogen (secondary N) is 1. The second kappa shape index (κ2) is 7.83. The number of halogens is 1. The van der Waals surface area contributed by atoms with Crippen molar-refractivity contribution in [2.24, 2.45) is 0 Å². The standard InChI is InChI=1S/C18H24FN3O5S2/c1-16(2,3)28(25)21-17(4,12-29(26,27)18(11-20)8-5-9-18)14-10-13(22(23)24)6-7-15(14)19/h6-7,10,21H,5,8-9,12H2,1-4H3/t17-,28?/m1/s1. The molecule has 1 saturated carbocycles. The maximum atomic E-state index is 14.7. The predicted molar refractivity (Wildman–Crippen MR) is 107 cm³/mol. The van der Waals surface area contributed by atoms with E-state index in [-0.39, 0.29) is 18.4 Å². The lowest BCUT2D eigenvalue weighted by Crippen LogP contribution is -2.56. The predicted octanol–water partition coefficient (Wildman–Crippen LogP) is 2.86. The number of rotatable bonds is 7. The van der Waals surface area contributed by atoms with Crippen molar-refractivity contribution in [3.8, 4) is 6.07 Å². The van der Waals surface area contributed by atoms with Gasteiger partial charge in [-0.2, -0.15) is 5.26 Å². The summed E-state index contributed by atoms with van der Waals surface area (Å²) in [6.07, 6.45) is 0.916. The first-order chi connectivity index (χ1) is 13.2. The third-order valence-corrected chi connectivity index (χ3v) is 9.46. The highest BCUT2D eigenvalue weighted by atomic mass is 32.2. The molecule has 160 valence electrons. The Morgan fingerprint density at radius 3 is 2.34 bits per heavy atom. The Balaban J connectivity index is 2.60. The van der Waals surface area contributed by atoms with Crippen LogP contribution in [0.2, 0.25) is 0 Å². The Bertz CT molecular complexity index is 951. The summed E-state index contributed by atoms with van der Waals surface area (Å²) in [6, 6.07) is 4.65. The molecule has 1 aromatic rings. The summed E-state index contributed by atoms with van der Waals surface area (Å²) in [7, 11) is -4.08. The molecule has 1 N–H and O–H groups in total. The molecule has 0 radical (unpaired) electrons. The first-order valence-electron chi connectivity index (χ1n) is 8.95. The van der Waals surface area contributed by atoms with Crippen LogP contribution in [0.3, 0.4) is 0 Å². The summed E-state index contributed by atoms with van der Waals surface area (Å²) in [6.45, 7) is 6.28. The van der Waals surface area contributed by atoms with Gasteiger partial charge in [-0.15, -0.1) is 4.72 Å². The highest BCUT2D eigenvalue weighted by molar-refractivity contribution is 7.93. The molecule has 0 saturated heterocycles. The van der Waals surface area contributed by atoms with Crippen molar-refractivity contribution < 1.29 is 22.3 Å². The zero-order valence-electron chi connectivity index (χ0n) is 16.7. The Hall–Kier alpha value is -1.74. The number of nitro benzene ring substituents is 1. The molecule has 29 heavy (non-hydrogen) atoms. The number of nitro groups is 1. The molecule has 0 heterocycles. The molecule has 11 heteroatoms. The molecule has 0 amide bonds. The molecule has 0 spiro atoms. The Labute approximate surface area is 172 Å². The molecule has 1 aliphatic carbocycles. The second-order valence-electron chi connectivity index (χ2n) is 8.46. The zero-order chi connectivity index (χ0) is 22.3. The summed E-state index contributed by atoms with van der Waals surface area (Å²) >= 11 is -1.81. The maximum absolute atomic E-state index is 14.7. The fourth-order valence-electron chi connectivity index (χ4n) is 3.08. The Morgan fingerprint density at radius 2 is 1.93 bits per heavy atom. The second-order valence-corrected chi connectivity index (χ2v) is 12.7. The zero-order valence-corrected chi connectivity index (χ0v) is 18.3.